The van der Waals surface area contributed by atoms with E-state index in [1.165, 1.54) is 17.0 Å². The van der Waals surface area contributed by atoms with Crippen LogP contribution in [0, 0.1) is 11.7 Å². The Hall–Kier alpha value is -0.900. The van der Waals surface area contributed by atoms with Crippen LogP contribution < -0.4 is 5.32 Å². The number of thiophene rings is 1. The molecule has 0 aliphatic carbocycles. The molecule has 2 rings (SSSR count). The number of halogens is 2. The van der Waals surface area contributed by atoms with Gasteiger partial charge in [-0.2, -0.15) is 0 Å². The fourth-order valence-electron chi connectivity index (χ4n) is 2.24. The van der Waals surface area contributed by atoms with Crippen molar-refractivity contribution in [2.45, 2.75) is 26.8 Å². The Morgan fingerprint density at radius 1 is 1.25 bits per heavy atom. The van der Waals surface area contributed by atoms with Crippen LogP contribution in [0.3, 0.4) is 0 Å². The van der Waals surface area contributed by atoms with Crippen molar-refractivity contribution in [3.8, 4) is 10.4 Å². The first-order chi connectivity index (χ1) is 9.52. The number of nitrogens with one attached hydrogen (secondary N) is 1. The minimum atomic E-state index is -0.258. The van der Waals surface area contributed by atoms with Gasteiger partial charge in [-0.3, -0.25) is 0 Å². The highest BCUT2D eigenvalue weighted by molar-refractivity contribution is 7.15. The lowest BCUT2D eigenvalue weighted by Gasteiger charge is -2.20. The van der Waals surface area contributed by atoms with E-state index in [1.54, 1.807) is 17.4 Å². The van der Waals surface area contributed by atoms with Crippen LogP contribution in [0.4, 0.5) is 4.39 Å². The summed E-state index contributed by atoms with van der Waals surface area (Å²) in [6.45, 7) is 7.42. The molecule has 20 heavy (non-hydrogen) atoms. The van der Waals surface area contributed by atoms with Gasteiger partial charge in [-0.1, -0.05) is 32.4 Å². The molecule has 1 nitrogen and oxygen atoms in total. The molecular weight excluding hydrogens is 293 g/mol. The first-order valence-electron chi connectivity index (χ1n) is 6.81. The van der Waals surface area contributed by atoms with Crippen LogP contribution in [0.25, 0.3) is 10.4 Å². The van der Waals surface area contributed by atoms with E-state index in [-0.39, 0.29) is 5.82 Å². The lowest BCUT2D eigenvalue weighted by molar-refractivity contribution is 0.428. The molecule has 0 aliphatic rings. The Bertz CT molecular complexity index is 580. The largest absolute Gasteiger partial charge is 0.309 e. The standard InChI is InChI=1S/C16H19ClFNS/c1-4-19-16(10(2)3)15-8-7-14(20-15)12-9-11(18)5-6-13(12)17/h5-10,16,19H,4H2,1-3H3. The average Bonchev–Trinajstić information content (AvgIpc) is 2.87. The van der Waals surface area contributed by atoms with Crippen LogP contribution in [0.1, 0.15) is 31.7 Å². The maximum atomic E-state index is 13.4. The molecule has 0 bridgehead atoms. The smallest absolute Gasteiger partial charge is 0.123 e. The highest BCUT2D eigenvalue weighted by atomic mass is 35.5. The summed E-state index contributed by atoms with van der Waals surface area (Å²) in [5.41, 5.74) is 0.766. The van der Waals surface area contributed by atoms with Crippen LogP contribution in [0.5, 0.6) is 0 Å². The van der Waals surface area contributed by atoms with Gasteiger partial charge in [0.1, 0.15) is 5.82 Å². The van der Waals surface area contributed by atoms with Crippen molar-refractivity contribution in [3.05, 3.63) is 46.0 Å². The normalized spacial score (nSPS) is 12.9. The first kappa shape index (κ1) is 15.5. The molecular formula is C16H19ClFNS. The summed E-state index contributed by atoms with van der Waals surface area (Å²) in [5, 5.41) is 4.08. The van der Waals surface area contributed by atoms with Gasteiger partial charge in [0.25, 0.3) is 0 Å². The maximum Gasteiger partial charge on any atom is 0.123 e. The lowest BCUT2D eigenvalue weighted by atomic mass is 10.0. The molecule has 108 valence electrons. The molecule has 1 unspecified atom stereocenters. The summed E-state index contributed by atoms with van der Waals surface area (Å²) < 4.78 is 13.4. The second-order valence-electron chi connectivity index (χ2n) is 5.11. The second-order valence-corrected chi connectivity index (χ2v) is 6.63. The van der Waals surface area contributed by atoms with Gasteiger partial charge < -0.3 is 5.32 Å². The van der Waals surface area contributed by atoms with E-state index in [2.05, 4.69) is 32.2 Å². The minimum absolute atomic E-state index is 0.258. The molecule has 1 aromatic carbocycles. The van der Waals surface area contributed by atoms with Crippen LogP contribution in [-0.4, -0.2) is 6.54 Å². The molecule has 0 saturated heterocycles. The summed E-state index contributed by atoms with van der Waals surface area (Å²) >= 11 is 7.84. The van der Waals surface area contributed by atoms with Crippen LogP contribution in [0.2, 0.25) is 5.02 Å². The summed E-state index contributed by atoms with van der Waals surface area (Å²) in [6.07, 6.45) is 0. The van der Waals surface area contributed by atoms with Crippen molar-refractivity contribution in [3.63, 3.8) is 0 Å². The van der Waals surface area contributed by atoms with Gasteiger partial charge in [-0.15, -0.1) is 11.3 Å². The zero-order chi connectivity index (χ0) is 14.7. The van der Waals surface area contributed by atoms with Crippen LogP contribution >= 0.6 is 22.9 Å². The summed E-state index contributed by atoms with van der Waals surface area (Å²) in [5.74, 6) is 0.246. The fraction of sp³-hybridized carbons (Fsp3) is 0.375. The van der Waals surface area contributed by atoms with Crippen molar-refractivity contribution in [1.82, 2.24) is 5.32 Å². The zero-order valence-corrected chi connectivity index (χ0v) is 13.5. The Balaban J connectivity index is 2.34. The molecule has 0 aliphatic heterocycles. The molecule has 1 atom stereocenters. The SMILES string of the molecule is CCNC(c1ccc(-c2cc(F)ccc2Cl)s1)C(C)C. The molecule has 0 radical (unpaired) electrons. The van der Waals surface area contributed by atoms with Crippen molar-refractivity contribution in [1.29, 1.82) is 0 Å². The second kappa shape index (κ2) is 6.70. The van der Waals surface area contributed by atoms with Gasteiger partial charge in [-0.25, -0.2) is 4.39 Å². The molecule has 0 fully saturated rings. The van der Waals surface area contributed by atoms with E-state index in [0.29, 0.717) is 17.0 Å². The number of hydrogen-bond acceptors (Lipinski definition) is 2. The van der Waals surface area contributed by atoms with E-state index in [0.717, 1.165) is 17.0 Å². The Kier molecular flexibility index (Phi) is 5.19. The highest BCUT2D eigenvalue weighted by Gasteiger charge is 2.17. The van der Waals surface area contributed by atoms with Gasteiger partial charge in [0.05, 0.1) is 0 Å². The average molecular weight is 312 g/mol. The van der Waals surface area contributed by atoms with Gasteiger partial charge in [0.15, 0.2) is 0 Å². The van der Waals surface area contributed by atoms with E-state index >= 15 is 0 Å². The molecule has 0 saturated carbocycles. The Morgan fingerprint density at radius 3 is 2.65 bits per heavy atom. The van der Waals surface area contributed by atoms with Gasteiger partial charge in [0.2, 0.25) is 0 Å². The molecule has 2 aromatic rings. The third kappa shape index (κ3) is 3.40. The van der Waals surface area contributed by atoms with E-state index in [9.17, 15) is 4.39 Å². The third-order valence-electron chi connectivity index (χ3n) is 3.22. The fourth-order valence-corrected chi connectivity index (χ4v) is 3.80. The number of hydrogen-bond donors (Lipinski definition) is 1. The maximum absolute atomic E-state index is 13.4. The highest BCUT2D eigenvalue weighted by Crippen LogP contribution is 2.37. The quantitative estimate of drug-likeness (QED) is 0.767. The third-order valence-corrected chi connectivity index (χ3v) is 4.75. The number of rotatable bonds is 5. The Labute approximate surface area is 128 Å². The molecule has 1 N–H and O–H groups in total. The molecule has 4 heteroatoms. The van der Waals surface area contributed by atoms with Gasteiger partial charge in [-0.05, 0) is 42.8 Å². The van der Waals surface area contributed by atoms with E-state index < -0.39 is 0 Å². The summed E-state index contributed by atoms with van der Waals surface area (Å²) in [7, 11) is 0. The van der Waals surface area contributed by atoms with Crippen molar-refractivity contribution in [2.75, 3.05) is 6.54 Å². The molecule has 1 aromatic heterocycles. The van der Waals surface area contributed by atoms with E-state index in [1.807, 2.05) is 6.07 Å². The van der Waals surface area contributed by atoms with Crippen molar-refractivity contribution in [2.24, 2.45) is 5.92 Å². The summed E-state index contributed by atoms with van der Waals surface area (Å²) in [4.78, 5) is 2.27. The van der Waals surface area contributed by atoms with Crippen LogP contribution in [-0.2, 0) is 0 Å². The molecule has 0 spiro atoms. The van der Waals surface area contributed by atoms with E-state index in [4.69, 9.17) is 11.6 Å². The van der Waals surface area contributed by atoms with Crippen molar-refractivity contribution >= 4 is 22.9 Å². The lowest BCUT2D eigenvalue weighted by Crippen LogP contribution is -2.24. The van der Waals surface area contributed by atoms with Crippen molar-refractivity contribution < 1.29 is 4.39 Å². The van der Waals surface area contributed by atoms with Gasteiger partial charge in [0, 0.05) is 26.4 Å². The molecule has 1 heterocycles. The van der Waals surface area contributed by atoms with Crippen LogP contribution in [0.15, 0.2) is 30.3 Å². The zero-order valence-electron chi connectivity index (χ0n) is 11.9. The Morgan fingerprint density at radius 2 is 2.00 bits per heavy atom. The first-order valence-corrected chi connectivity index (χ1v) is 8.01. The topological polar surface area (TPSA) is 12.0 Å². The predicted octanol–water partition coefficient (Wildman–Crippen LogP) is 5.51. The number of benzene rings is 1. The predicted molar refractivity (Wildman–Crippen MR) is 86.0 cm³/mol. The minimum Gasteiger partial charge on any atom is -0.309 e. The summed E-state index contributed by atoms with van der Waals surface area (Å²) in [6, 6.07) is 8.94. The van der Waals surface area contributed by atoms with Gasteiger partial charge >= 0.3 is 0 Å². The monoisotopic (exact) mass is 311 g/mol. The molecule has 0 amide bonds.